The van der Waals surface area contributed by atoms with Gasteiger partial charge in [0.05, 0.1) is 17.5 Å². The molecule has 0 bridgehead atoms. The molecule has 1 unspecified atom stereocenters. The molecule has 1 aromatic carbocycles. The normalized spacial score (nSPS) is 22.0. The summed E-state index contributed by atoms with van der Waals surface area (Å²) in [6.07, 6.45) is 1.27. The minimum Gasteiger partial charge on any atom is -0.494 e. The molecule has 0 amide bonds. The molecular weight excluding hydrogens is 275 g/mol. The van der Waals surface area contributed by atoms with Crippen LogP contribution in [0.25, 0.3) is 0 Å². The summed E-state index contributed by atoms with van der Waals surface area (Å²) in [5, 5.41) is 0. The molecule has 7 heteroatoms. The first-order chi connectivity index (χ1) is 9.17. The van der Waals surface area contributed by atoms with Crippen molar-refractivity contribution in [2.45, 2.75) is 38.4 Å². The van der Waals surface area contributed by atoms with E-state index in [0.717, 1.165) is 25.0 Å². The third kappa shape index (κ3) is 3.65. The van der Waals surface area contributed by atoms with Crippen LogP contribution in [0.3, 0.4) is 0 Å². The van der Waals surface area contributed by atoms with Crippen molar-refractivity contribution < 1.29 is 26.8 Å². The third-order valence-electron chi connectivity index (χ3n) is 3.31. The Morgan fingerprint density at radius 1 is 1.35 bits per heavy atom. The van der Waals surface area contributed by atoms with Crippen molar-refractivity contribution in [3.63, 3.8) is 0 Å². The molecule has 1 aromatic rings. The van der Waals surface area contributed by atoms with Gasteiger partial charge in [-0.2, -0.15) is 0 Å². The third-order valence-corrected chi connectivity index (χ3v) is 3.31. The van der Waals surface area contributed by atoms with Gasteiger partial charge in [0.2, 0.25) is 0 Å². The van der Waals surface area contributed by atoms with Crippen molar-refractivity contribution in [1.82, 2.24) is 0 Å². The van der Waals surface area contributed by atoms with E-state index in [1.54, 1.807) is 0 Å². The average Bonchev–Trinajstić information content (AvgIpc) is 2.65. The summed E-state index contributed by atoms with van der Waals surface area (Å²) in [7, 11) is 0. The number of halogens is 4. The van der Waals surface area contributed by atoms with Crippen LogP contribution in [-0.4, -0.2) is 25.3 Å². The molecule has 0 N–H and O–H groups in total. The van der Waals surface area contributed by atoms with Gasteiger partial charge in [-0.25, -0.2) is 4.39 Å². The van der Waals surface area contributed by atoms with Gasteiger partial charge in [0, 0.05) is 6.07 Å². The Bertz CT molecular complexity index is 488. The second kappa shape index (κ2) is 5.28. The summed E-state index contributed by atoms with van der Waals surface area (Å²) in [5.41, 5.74) is -1.20. The second-order valence-corrected chi connectivity index (χ2v) is 5.61. The first-order valence-electron chi connectivity index (χ1n) is 6.47. The zero-order valence-corrected chi connectivity index (χ0v) is 11.3. The molecule has 0 aromatic heterocycles. The van der Waals surface area contributed by atoms with Gasteiger partial charge in [-0.1, -0.05) is 11.5 Å². The van der Waals surface area contributed by atoms with Gasteiger partial charge >= 0.3 is 6.98 Å². The maximum atomic E-state index is 13.1. The van der Waals surface area contributed by atoms with Crippen LogP contribution in [0.4, 0.5) is 17.3 Å². The molecule has 0 spiro atoms. The molecule has 1 aliphatic heterocycles. The van der Waals surface area contributed by atoms with E-state index in [1.165, 1.54) is 0 Å². The van der Waals surface area contributed by atoms with Crippen LogP contribution in [0.5, 0.6) is 5.75 Å². The molecule has 2 nitrogen and oxygen atoms in total. The number of ether oxygens (including phenoxy) is 2. The Balaban J connectivity index is 2.08. The number of rotatable bonds is 4. The molecular formula is C13H16BF4O2-. The first-order valence-corrected chi connectivity index (χ1v) is 6.47. The van der Waals surface area contributed by atoms with E-state index in [0.29, 0.717) is 6.07 Å². The monoisotopic (exact) mass is 291 g/mol. The summed E-state index contributed by atoms with van der Waals surface area (Å²) in [4.78, 5) is 0. The van der Waals surface area contributed by atoms with E-state index in [2.05, 4.69) is 0 Å². The topological polar surface area (TPSA) is 18.5 Å². The zero-order chi connectivity index (χ0) is 15.0. The van der Waals surface area contributed by atoms with Crippen molar-refractivity contribution in [3.05, 3.63) is 24.0 Å². The van der Waals surface area contributed by atoms with Crippen LogP contribution < -0.4 is 10.2 Å². The van der Waals surface area contributed by atoms with E-state index in [1.807, 2.05) is 13.8 Å². The van der Waals surface area contributed by atoms with Gasteiger partial charge in [0.1, 0.15) is 12.4 Å². The lowest BCUT2D eigenvalue weighted by Gasteiger charge is -2.22. The molecule has 20 heavy (non-hydrogen) atoms. The second-order valence-electron chi connectivity index (χ2n) is 5.61. The van der Waals surface area contributed by atoms with Crippen LogP contribution in [0, 0.1) is 5.82 Å². The minimum absolute atomic E-state index is 0.00789. The molecule has 112 valence electrons. The van der Waals surface area contributed by atoms with Gasteiger partial charge in [-0.05, 0) is 32.8 Å². The molecule has 1 fully saturated rings. The highest BCUT2D eigenvalue weighted by Crippen LogP contribution is 2.30. The summed E-state index contributed by atoms with van der Waals surface area (Å²) in [6, 6.07) is 2.27. The Hall–Kier alpha value is -1.24. The molecule has 1 atom stereocenters. The maximum Gasteiger partial charge on any atom is 0.513 e. The SMILES string of the molecule is CC1(C)CCC(COc2cc(F)ccc2[B-](F)(F)F)O1. The largest absolute Gasteiger partial charge is 0.513 e. The number of benzene rings is 1. The van der Waals surface area contributed by atoms with E-state index in [9.17, 15) is 17.3 Å². The molecule has 0 aliphatic carbocycles. The van der Waals surface area contributed by atoms with Gasteiger partial charge in [0.25, 0.3) is 0 Å². The van der Waals surface area contributed by atoms with Crippen LogP contribution >= 0.6 is 0 Å². The highest BCUT2D eigenvalue weighted by molar-refractivity contribution is 6.74. The van der Waals surface area contributed by atoms with E-state index < -0.39 is 24.0 Å². The van der Waals surface area contributed by atoms with Gasteiger partial charge in [-0.3, -0.25) is 0 Å². The Kier molecular flexibility index (Phi) is 4.00. The van der Waals surface area contributed by atoms with E-state index >= 15 is 0 Å². The van der Waals surface area contributed by atoms with Crippen LogP contribution in [0.15, 0.2) is 18.2 Å². The van der Waals surface area contributed by atoms with E-state index in [-0.39, 0.29) is 18.3 Å². The molecule has 1 aliphatic rings. The van der Waals surface area contributed by atoms with Crippen molar-refractivity contribution in [3.8, 4) is 5.75 Å². The summed E-state index contributed by atoms with van der Waals surface area (Å²) in [5.74, 6) is -1.22. The minimum atomic E-state index is -5.23. The predicted octanol–water partition coefficient (Wildman–Crippen LogP) is 3.22. The summed E-state index contributed by atoms with van der Waals surface area (Å²) >= 11 is 0. The fraction of sp³-hybridized carbons (Fsp3) is 0.538. The fourth-order valence-electron chi connectivity index (χ4n) is 2.28. The lowest BCUT2D eigenvalue weighted by molar-refractivity contribution is -0.0326. The maximum absolute atomic E-state index is 13.1. The summed E-state index contributed by atoms with van der Waals surface area (Å²) < 4.78 is 62.4. The average molecular weight is 291 g/mol. The summed E-state index contributed by atoms with van der Waals surface area (Å²) in [6.45, 7) is -1.41. The highest BCUT2D eigenvalue weighted by Gasteiger charge is 2.33. The van der Waals surface area contributed by atoms with Gasteiger partial charge in [0.15, 0.2) is 0 Å². The molecule has 1 saturated heterocycles. The van der Waals surface area contributed by atoms with Gasteiger partial charge < -0.3 is 22.4 Å². The fourth-order valence-corrected chi connectivity index (χ4v) is 2.28. The lowest BCUT2D eigenvalue weighted by atomic mass is 9.79. The van der Waals surface area contributed by atoms with Crippen molar-refractivity contribution in [2.75, 3.05) is 6.61 Å². The Morgan fingerprint density at radius 3 is 2.60 bits per heavy atom. The predicted molar refractivity (Wildman–Crippen MR) is 68.8 cm³/mol. The molecule has 2 rings (SSSR count). The van der Waals surface area contributed by atoms with Crippen LogP contribution in [-0.2, 0) is 4.74 Å². The van der Waals surface area contributed by atoms with Crippen molar-refractivity contribution in [1.29, 1.82) is 0 Å². The quantitative estimate of drug-likeness (QED) is 0.626. The smallest absolute Gasteiger partial charge is 0.494 e. The first kappa shape index (κ1) is 15.2. The molecule has 1 heterocycles. The van der Waals surface area contributed by atoms with Crippen molar-refractivity contribution in [2.24, 2.45) is 0 Å². The Labute approximate surface area is 115 Å². The van der Waals surface area contributed by atoms with Crippen molar-refractivity contribution >= 4 is 12.4 Å². The Morgan fingerprint density at radius 2 is 2.05 bits per heavy atom. The van der Waals surface area contributed by atoms with E-state index in [4.69, 9.17) is 9.47 Å². The lowest BCUT2D eigenvalue weighted by Crippen LogP contribution is -2.36. The van der Waals surface area contributed by atoms with Crippen LogP contribution in [0.2, 0.25) is 0 Å². The number of hydrogen-bond donors (Lipinski definition) is 0. The van der Waals surface area contributed by atoms with Crippen LogP contribution in [0.1, 0.15) is 26.7 Å². The van der Waals surface area contributed by atoms with Gasteiger partial charge in [-0.15, -0.1) is 0 Å². The highest BCUT2D eigenvalue weighted by atomic mass is 19.4. The standard InChI is InChI=1S/C13H16BF4O2/c1-13(2)6-5-10(20-13)8-19-12-7-9(15)3-4-11(12)14(16,17)18/h3-4,7,10H,5-6,8H2,1-2H3/q-1. The molecule has 0 saturated carbocycles. The number of hydrogen-bond acceptors (Lipinski definition) is 2. The zero-order valence-electron chi connectivity index (χ0n) is 11.3. The molecule has 0 radical (unpaired) electrons.